The second-order valence-electron chi connectivity index (χ2n) is 8.18. The summed E-state index contributed by atoms with van der Waals surface area (Å²) < 4.78 is 39.3. The highest BCUT2D eigenvalue weighted by atomic mass is 19.2. The van der Waals surface area contributed by atoms with Crippen molar-refractivity contribution in [2.75, 3.05) is 12.4 Å². The van der Waals surface area contributed by atoms with Gasteiger partial charge in [-0.25, -0.2) is 9.37 Å². The lowest BCUT2D eigenvalue weighted by Gasteiger charge is -2.25. The van der Waals surface area contributed by atoms with Crippen molar-refractivity contribution >= 4 is 17.5 Å². The molecule has 1 fully saturated rings. The fraction of sp³-hybridized carbons (Fsp3) is 0.409. The van der Waals surface area contributed by atoms with Gasteiger partial charge < -0.3 is 20.5 Å². The molecule has 0 aliphatic carbocycles. The number of hydrogen-bond donors (Lipinski definition) is 2. The van der Waals surface area contributed by atoms with E-state index in [1.165, 1.54) is 19.2 Å². The molecule has 3 atom stereocenters. The van der Waals surface area contributed by atoms with E-state index in [9.17, 15) is 18.4 Å². The molecule has 3 rings (SSSR count). The van der Waals surface area contributed by atoms with Crippen molar-refractivity contribution in [1.82, 2.24) is 4.98 Å². The third kappa shape index (κ3) is 4.23. The maximum Gasteiger partial charge on any atom is 0.267 e. The zero-order valence-electron chi connectivity index (χ0n) is 18.0. The minimum atomic E-state index is -1.12. The number of anilines is 1. The Kier molecular flexibility index (Phi) is 6.00. The fourth-order valence-electron chi connectivity index (χ4n) is 3.95. The molecule has 1 aromatic heterocycles. The van der Waals surface area contributed by atoms with Crippen LogP contribution in [0.4, 0.5) is 14.5 Å². The summed E-state index contributed by atoms with van der Waals surface area (Å²) in [7, 11) is 1.24. The number of ether oxygens (including phenoxy) is 2. The van der Waals surface area contributed by atoms with Crippen LogP contribution in [0.25, 0.3) is 0 Å². The fourth-order valence-corrected chi connectivity index (χ4v) is 3.95. The first-order valence-corrected chi connectivity index (χ1v) is 9.75. The number of amides is 2. The Hall–Kier alpha value is -3.07. The van der Waals surface area contributed by atoms with Gasteiger partial charge >= 0.3 is 0 Å². The largest absolute Gasteiger partial charge is 0.493 e. The van der Waals surface area contributed by atoms with Crippen molar-refractivity contribution in [2.45, 2.75) is 45.3 Å². The molecule has 1 aromatic carbocycles. The van der Waals surface area contributed by atoms with E-state index in [1.54, 1.807) is 13.0 Å². The molecule has 166 valence electrons. The zero-order valence-corrected chi connectivity index (χ0v) is 18.0. The van der Waals surface area contributed by atoms with Crippen LogP contribution in [0.5, 0.6) is 5.75 Å². The summed E-state index contributed by atoms with van der Waals surface area (Å²) in [6, 6.07) is 5.36. The van der Waals surface area contributed by atoms with Gasteiger partial charge in [-0.1, -0.05) is 13.0 Å². The molecule has 1 aliphatic heterocycles. The van der Waals surface area contributed by atoms with Crippen molar-refractivity contribution in [3.8, 4) is 5.75 Å². The number of pyridine rings is 1. The van der Waals surface area contributed by atoms with Crippen molar-refractivity contribution in [3.05, 3.63) is 52.9 Å². The number of methoxy groups -OCH3 is 1. The van der Waals surface area contributed by atoms with Gasteiger partial charge in [-0.2, -0.15) is 4.39 Å². The van der Waals surface area contributed by atoms with Gasteiger partial charge in [0.25, 0.3) is 11.8 Å². The van der Waals surface area contributed by atoms with Crippen molar-refractivity contribution in [2.24, 2.45) is 11.7 Å². The topological polar surface area (TPSA) is 104 Å². The van der Waals surface area contributed by atoms with Gasteiger partial charge in [0.2, 0.25) is 5.82 Å². The molecule has 2 amide bonds. The lowest BCUT2D eigenvalue weighted by atomic mass is 9.78. The number of nitrogens with two attached hydrogens (primary N) is 1. The van der Waals surface area contributed by atoms with Crippen LogP contribution in [-0.4, -0.2) is 35.6 Å². The first kappa shape index (κ1) is 22.6. The van der Waals surface area contributed by atoms with Crippen molar-refractivity contribution in [3.63, 3.8) is 0 Å². The summed E-state index contributed by atoms with van der Waals surface area (Å²) in [5.74, 6) is -4.50. The number of primary amides is 1. The summed E-state index contributed by atoms with van der Waals surface area (Å²) in [6.45, 7) is 7.19. The molecule has 0 radical (unpaired) electrons. The van der Waals surface area contributed by atoms with E-state index >= 15 is 0 Å². The van der Waals surface area contributed by atoms with Gasteiger partial charge in [0.05, 0.1) is 12.7 Å². The third-order valence-electron chi connectivity index (χ3n) is 5.77. The Balaban J connectivity index is 2.00. The molecule has 0 saturated carbocycles. The van der Waals surface area contributed by atoms with Crippen LogP contribution in [0.15, 0.2) is 24.3 Å². The number of aryl methyl sites for hydroxylation is 1. The number of carbonyl (C=O) groups excluding carboxylic acids is 2. The molecule has 0 bridgehead atoms. The molecule has 0 spiro atoms. The molecule has 1 saturated heterocycles. The Morgan fingerprint density at radius 3 is 2.55 bits per heavy atom. The van der Waals surface area contributed by atoms with Crippen molar-refractivity contribution in [1.29, 1.82) is 0 Å². The molecule has 7 nitrogen and oxygen atoms in total. The van der Waals surface area contributed by atoms with E-state index < -0.39 is 41.1 Å². The van der Waals surface area contributed by atoms with Gasteiger partial charge in [-0.15, -0.1) is 0 Å². The van der Waals surface area contributed by atoms with Crippen LogP contribution >= 0.6 is 0 Å². The monoisotopic (exact) mass is 433 g/mol. The highest BCUT2D eigenvalue weighted by Gasteiger charge is 2.51. The number of nitrogens with zero attached hydrogens (tertiary/aromatic N) is 1. The summed E-state index contributed by atoms with van der Waals surface area (Å²) in [6.07, 6.45) is -1.02. The van der Waals surface area contributed by atoms with Gasteiger partial charge in [0.1, 0.15) is 11.8 Å². The second-order valence-corrected chi connectivity index (χ2v) is 8.18. The minimum Gasteiger partial charge on any atom is -0.493 e. The van der Waals surface area contributed by atoms with Gasteiger partial charge in [0.15, 0.2) is 11.6 Å². The second kappa shape index (κ2) is 8.22. The third-order valence-corrected chi connectivity index (χ3v) is 5.77. The average Bonchev–Trinajstić information content (AvgIpc) is 2.93. The molecule has 2 aromatic rings. The normalized spacial score (nSPS) is 22.2. The molecule has 3 N–H and O–H groups in total. The van der Waals surface area contributed by atoms with E-state index in [2.05, 4.69) is 10.3 Å². The lowest BCUT2D eigenvalue weighted by Crippen LogP contribution is -2.33. The van der Waals surface area contributed by atoms with E-state index in [0.717, 1.165) is 6.07 Å². The Bertz CT molecular complexity index is 1040. The number of carbonyl (C=O) groups is 2. The number of nitrogens with one attached hydrogen (secondary N) is 1. The minimum absolute atomic E-state index is 0.00941. The summed E-state index contributed by atoms with van der Waals surface area (Å²) in [5.41, 5.74) is 5.73. The zero-order chi connectivity index (χ0) is 23.1. The van der Waals surface area contributed by atoms with Crippen LogP contribution in [0.2, 0.25) is 0 Å². The van der Waals surface area contributed by atoms with Gasteiger partial charge in [-0.3, -0.25) is 9.59 Å². The maximum atomic E-state index is 14.4. The molecule has 9 heteroatoms. The first-order chi connectivity index (χ1) is 14.5. The number of benzene rings is 1. The van der Waals surface area contributed by atoms with Gasteiger partial charge in [0, 0.05) is 22.9 Å². The lowest BCUT2D eigenvalue weighted by molar-refractivity contribution is -0.131. The summed E-state index contributed by atoms with van der Waals surface area (Å²) in [4.78, 5) is 28.7. The van der Waals surface area contributed by atoms with Crippen LogP contribution in [-0.2, 0) is 9.53 Å². The van der Waals surface area contributed by atoms with E-state index in [4.69, 9.17) is 15.2 Å². The number of aromatic nitrogens is 1. The Morgan fingerprint density at radius 1 is 1.26 bits per heavy atom. The van der Waals surface area contributed by atoms with Crippen molar-refractivity contribution < 1.29 is 27.8 Å². The molecular weight excluding hydrogens is 408 g/mol. The predicted octanol–water partition coefficient (Wildman–Crippen LogP) is 3.31. The molecule has 0 unspecified atom stereocenters. The number of rotatable bonds is 5. The van der Waals surface area contributed by atoms with E-state index in [0.29, 0.717) is 16.9 Å². The Labute approximate surface area is 178 Å². The predicted molar refractivity (Wildman–Crippen MR) is 110 cm³/mol. The molecule has 31 heavy (non-hydrogen) atoms. The Morgan fingerprint density at radius 2 is 1.94 bits per heavy atom. The highest BCUT2D eigenvalue weighted by molar-refractivity contribution is 5.97. The van der Waals surface area contributed by atoms with Crippen LogP contribution in [0.3, 0.4) is 0 Å². The van der Waals surface area contributed by atoms with Crippen LogP contribution < -0.4 is 15.8 Å². The van der Waals surface area contributed by atoms with Crippen LogP contribution in [0.1, 0.15) is 48.4 Å². The van der Waals surface area contributed by atoms with Crippen LogP contribution in [0, 0.1) is 24.5 Å². The van der Waals surface area contributed by atoms with E-state index in [-0.39, 0.29) is 17.4 Å². The molecule has 2 heterocycles. The SMILES string of the molecule is COc1c([C@H]2[C@H](C(=O)Nc3cc(C)nc(C(N)=O)c3)OC(C)(C)[C@H]2C)ccc(F)c1F. The number of halogens is 2. The number of hydrogen-bond acceptors (Lipinski definition) is 5. The average molecular weight is 433 g/mol. The molecule has 1 aliphatic rings. The first-order valence-electron chi connectivity index (χ1n) is 9.75. The van der Waals surface area contributed by atoms with E-state index in [1.807, 2.05) is 20.8 Å². The summed E-state index contributed by atoms with van der Waals surface area (Å²) >= 11 is 0. The van der Waals surface area contributed by atoms with Gasteiger partial charge in [-0.05, 0) is 44.9 Å². The quantitative estimate of drug-likeness (QED) is 0.753. The maximum absolute atomic E-state index is 14.4. The standard InChI is InChI=1S/C22H25F2N3O4/c1-10-8-12(9-15(26-10)20(25)28)27-21(29)19-16(11(2)22(3,4)31-19)13-6-7-14(23)17(24)18(13)30-5/h6-9,11,16,19H,1-5H3,(H2,25,28)(H,26,27,29)/t11-,16-,19+/m0/s1. The highest BCUT2D eigenvalue weighted by Crippen LogP contribution is 2.49. The molecular formula is C22H25F2N3O4. The summed E-state index contributed by atoms with van der Waals surface area (Å²) in [5, 5.41) is 2.72. The smallest absolute Gasteiger partial charge is 0.267 e.